The molecule has 3 heterocycles. The molecule has 0 bridgehead atoms. The third-order valence-corrected chi connectivity index (χ3v) is 4.98. The van der Waals surface area contributed by atoms with Gasteiger partial charge in [0, 0.05) is 24.6 Å². The fraction of sp³-hybridized carbons (Fsp3) is 0.278. The van der Waals surface area contributed by atoms with Gasteiger partial charge in [-0.15, -0.1) is 0 Å². The number of carbonyl (C=O) groups excluding carboxylic acids is 1. The summed E-state index contributed by atoms with van der Waals surface area (Å²) in [7, 11) is 0. The standard InChI is InChI=1S/C18H16BrFN4O2/c19-15-6-5-14(26-15)18(25)24-9-7-12(8-10-24)17-21-16(22-23-17)11-1-3-13(20)4-2-11/h1-6,12H,7-10H2,(H,21,22,23). The molecule has 1 amide bonds. The topological polar surface area (TPSA) is 75.0 Å². The average molecular weight is 419 g/mol. The van der Waals surface area contributed by atoms with E-state index in [2.05, 4.69) is 31.1 Å². The summed E-state index contributed by atoms with van der Waals surface area (Å²) in [6.45, 7) is 1.27. The Kier molecular flexibility index (Phi) is 4.58. The van der Waals surface area contributed by atoms with Crippen LogP contribution in [0.15, 0.2) is 45.5 Å². The minimum Gasteiger partial charge on any atom is -0.444 e. The van der Waals surface area contributed by atoms with Gasteiger partial charge in [0.15, 0.2) is 16.3 Å². The number of halogens is 2. The minimum absolute atomic E-state index is 0.0984. The van der Waals surface area contributed by atoms with Gasteiger partial charge in [0.1, 0.15) is 11.6 Å². The maximum Gasteiger partial charge on any atom is 0.289 e. The third kappa shape index (κ3) is 3.41. The number of H-pyrrole nitrogens is 1. The van der Waals surface area contributed by atoms with Gasteiger partial charge in [-0.1, -0.05) is 0 Å². The van der Waals surface area contributed by atoms with Crippen molar-refractivity contribution in [1.29, 1.82) is 0 Å². The van der Waals surface area contributed by atoms with Crippen LogP contribution < -0.4 is 0 Å². The van der Waals surface area contributed by atoms with Gasteiger partial charge < -0.3 is 9.32 Å². The van der Waals surface area contributed by atoms with Crippen LogP contribution in [0.1, 0.15) is 35.1 Å². The highest BCUT2D eigenvalue weighted by Gasteiger charge is 2.28. The van der Waals surface area contributed by atoms with E-state index in [1.165, 1.54) is 12.1 Å². The van der Waals surface area contributed by atoms with Gasteiger partial charge in [-0.05, 0) is 65.2 Å². The molecule has 0 saturated carbocycles. The highest BCUT2D eigenvalue weighted by Crippen LogP contribution is 2.28. The second-order valence-electron chi connectivity index (χ2n) is 6.22. The molecule has 0 radical (unpaired) electrons. The van der Waals surface area contributed by atoms with Gasteiger partial charge in [-0.2, -0.15) is 5.10 Å². The lowest BCUT2D eigenvalue weighted by Crippen LogP contribution is -2.37. The Labute approximate surface area is 157 Å². The lowest BCUT2D eigenvalue weighted by molar-refractivity contribution is 0.0677. The second kappa shape index (κ2) is 7.03. The van der Waals surface area contributed by atoms with E-state index in [1.807, 2.05) is 0 Å². The first-order valence-electron chi connectivity index (χ1n) is 8.33. The summed E-state index contributed by atoms with van der Waals surface area (Å²) >= 11 is 3.21. The lowest BCUT2D eigenvalue weighted by Gasteiger charge is -2.30. The molecule has 6 nitrogen and oxygen atoms in total. The van der Waals surface area contributed by atoms with Crippen LogP contribution in [-0.4, -0.2) is 39.1 Å². The van der Waals surface area contributed by atoms with E-state index in [0.29, 0.717) is 29.3 Å². The molecule has 0 aliphatic carbocycles. The summed E-state index contributed by atoms with van der Waals surface area (Å²) in [5.74, 6) is 1.53. The third-order valence-electron chi connectivity index (χ3n) is 4.56. The monoisotopic (exact) mass is 418 g/mol. The first-order chi connectivity index (χ1) is 12.6. The zero-order valence-corrected chi connectivity index (χ0v) is 15.4. The van der Waals surface area contributed by atoms with Gasteiger partial charge in [0.25, 0.3) is 5.91 Å². The molecule has 1 aromatic carbocycles. The Morgan fingerprint density at radius 1 is 1.19 bits per heavy atom. The first kappa shape index (κ1) is 17.0. The SMILES string of the molecule is O=C(c1ccc(Br)o1)N1CCC(c2nc(-c3ccc(F)cc3)n[nH]2)CC1. The fourth-order valence-corrected chi connectivity index (χ4v) is 3.43. The zero-order chi connectivity index (χ0) is 18.1. The van der Waals surface area contributed by atoms with Crippen molar-refractivity contribution in [3.05, 3.63) is 58.5 Å². The van der Waals surface area contributed by atoms with Crippen molar-refractivity contribution in [3.63, 3.8) is 0 Å². The van der Waals surface area contributed by atoms with Crippen LogP contribution in [0.3, 0.4) is 0 Å². The number of nitrogens with zero attached hydrogens (tertiary/aromatic N) is 3. The first-order valence-corrected chi connectivity index (χ1v) is 9.12. The Morgan fingerprint density at radius 2 is 1.92 bits per heavy atom. The van der Waals surface area contributed by atoms with E-state index in [1.54, 1.807) is 29.2 Å². The Hall–Kier alpha value is -2.48. The molecular weight excluding hydrogens is 403 g/mol. The van der Waals surface area contributed by atoms with Gasteiger partial charge in [-0.25, -0.2) is 9.37 Å². The molecule has 2 aromatic heterocycles. The van der Waals surface area contributed by atoms with E-state index in [4.69, 9.17) is 4.42 Å². The number of nitrogens with one attached hydrogen (secondary N) is 1. The number of aromatic nitrogens is 3. The summed E-state index contributed by atoms with van der Waals surface area (Å²) in [4.78, 5) is 18.8. The van der Waals surface area contributed by atoms with Crippen LogP contribution in [0.4, 0.5) is 4.39 Å². The molecule has 26 heavy (non-hydrogen) atoms. The molecule has 1 fully saturated rings. The number of carbonyl (C=O) groups is 1. The molecule has 0 atom stereocenters. The molecule has 1 aliphatic rings. The van der Waals surface area contributed by atoms with Crippen molar-refractivity contribution in [2.75, 3.05) is 13.1 Å². The molecule has 0 unspecified atom stereocenters. The van der Waals surface area contributed by atoms with Crippen LogP contribution in [0.25, 0.3) is 11.4 Å². The maximum absolute atomic E-state index is 13.0. The van der Waals surface area contributed by atoms with Crippen molar-refractivity contribution in [1.82, 2.24) is 20.1 Å². The smallest absolute Gasteiger partial charge is 0.289 e. The number of furan rings is 1. The number of piperidine rings is 1. The predicted octanol–water partition coefficient (Wildman–Crippen LogP) is 3.99. The molecule has 4 rings (SSSR count). The summed E-state index contributed by atoms with van der Waals surface area (Å²) in [5, 5.41) is 7.22. The van der Waals surface area contributed by atoms with E-state index in [9.17, 15) is 9.18 Å². The molecular formula is C18H16BrFN4O2. The molecule has 0 spiro atoms. The minimum atomic E-state index is -0.287. The van der Waals surface area contributed by atoms with Crippen LogP contribution >= 0.6 is 15.9 Å². The number of benzene rings is 1. The van der Waals surface area contributed by atoms with E-state index in [-0.39, 0.29) is 17.6 Å². The molecule has 134 valence electrons. The van der Waals surface area contributed by atoms with Crippen LogP contribution in [0, 0.1) is 5.82 Å². The van der Waals surface area contributed by atoms with Crippen molar-refractivity contribution in [3.8, 4) is 11.4 Å². The lowest BCUT2D eigenvalue weighted by atomic mass is 9.96. The van der Waals surface area contributed by atoms with E-state index >= 15 is 0 Å². The van der Waals surface area contributed by atoms with Crippen molar-refractivity contribution in [2.24, 2.45) is 0 Å². The van der Waals surface area contributed by atoms with Crippen LogP contribution in [-0.2, 0) is 0 Å². The van der Waals surface area contributed by atoms with E-state index in [0.717, 1.165) is 24.2 Å². The molecule has 8 heteroatoms. The van der Waals surface area contributed by atoms with Crippen molar-refractivity contribution >= 4 is 21.8 Å². The number of aromatic amines is 1. The summed E-state index contributed by atoms with van der Waals surface area (Å²) in [6.07, 6.45) is 1.59. The second-order valence-corrected chi connectivity index (χ2v) is 7.00. The van der Waals surface area contributed by atoms with Crippen LogP contribution in [0.5, 0.6) is 0 Å². The van der Waals surface area contributed by atoms with Gasteiger partial charge in [0.05, 0.1) is 0 Å². The zero-order valence-electron chi connectivity index (χ0n) is 13.8. The number of likely N-dealkylation sites (tertiary alicyclic amines) is 1. The predicted molar refractivity (Wildman–Crippen MR) is 96.1 cm³/mol. The quantitative estimate of drug-likeness (QED) is 0.697. The highest BCUT2D eigenvalue weighted by atomic mass is 79.9. The maximum atomic E-state index is 13.0. The molecule has 1 saturated heterocycles. The molecule has 1 N–H and O–H groups in total. The van der Waals surface area contributed by atoms with Gasteiger partial charge >= 0.3 is 0 Å². The number of hydrogen-bond acceptors (Lipinski definition) is 4. The molecule has 3 aromatic rings. The average Bonchev–Trinajstić information content (AvgIpc) is 3.31. The summed E-state index contributed by atoms with van der Waals surface area (Å²) in [6, 6.07) is 9.48. The Bertz CT molecular complexity index is 913. The van der Waals surface area contributed by atoms with Crippen molar-refractivity contribution < 1.29 is 13.6 Å². The van der Waals surface area contributed by atoms with Crippen LogP contribution in [0.2, 0.25) is 0 Å². The van der Waals surface area contributed by atoms with Crippen molar-refractivity contribution in [2.45, 2.75) is 18.8 Å². The number of rotatable bonds is 3. The highest BCUT2D eigenvalue weighted by molar-refractivity contribution is 9.10. The Balaban J connectivity index is 1.40. The summed E-state index contributed by atoms with van der Waals surface area (Å²) < 4.78 is 18.9. The van der Waals surface area contributed by atoms with E-state index < -0.39 is 0 Å². The van der Waals surface area contributed by atoms with Gasteiger partial charge in [-0.3, -0.25) is 9.89 Å². The normalized spacial score (nSPS) is 15.4. The number of hydrogen-bond donors (Lipinski definition) is 1. The Morgan fingerprint density at radius 3 is 2.58 bits per heavy atom. The van der Waals surface area contributed by atoms with Gasteiger partial charge in [0.2, 0.25) is 0 Å². The number of amides is 1. The largest absolute Gasteiger partial charge is 0.444 e. The molecule has 1 aliphatic heterocycles. The fourth-order valence-electron chi connectivity index (χ4n) is 3.13. The summed E-state index contributed by atoms with van der Waals surface area (Å²) in [5.41, 5.74) is 0.768.